The second-order valence-electron chi connectivity index (χ2n) is 7.01. The Balaban J connectivity index is 2.76. The highest BCUT2D eigenvalue weighted by Crippen LogP contribution is 2.28. The molecule has 0 amide bonds. The third-order valence-corrected chi connectivity index (χ3v) is 2.91. The van der Waals surface area contributed by atoms with Gasteiger partial charge in [0, 0.05) is 24.0 Å². The molecule has 0 aliphatic carbocycles. The molecule has 0 radical (unpaired) electrons. The molecule has 0 aliphatic heterocycles. The van der Waals surface area contributed by atoms with Crippen molar-refractivity contribution in [3.63, 3.8) is 0 Å². The maximum Gasteiger partial charge on any atom is 0.0782 e. The predicted octanol–water partition coefficient (Wildman–Crippen LogP) is 3.65. The summed E-state index contributed by atoms with van der Waals surface area (Å²) in [5, 5.41) is 3.67. The Morgan fingerprint density at radius 3 is 2.17 bits per heavy atom. The summed E-state index contributed by atoms with van der Waals surface area (Å²) < 4.78 is 0. The first-order valence-electron chi connectivity index (χ1n) is 6.66. The van der Waals surface area contributed by atoms with Crippen LogP contribution < -0.4 is 5.32 Å². The van der Waals surface area contributed by atoms with Crippen LogP contribution in [0.3, 0.4) is 0 Å². The van der Waals surface area contributed by atoms with E-state index in [4.69, 9.17) is 0 Å². The van der Waals surface area contributed by atoms with Gasteiger partial charge in [0.15, 0.2) is 0 Å². The minimum Gasteiger partial charge on any atom is -0.304 e. The highest BCUT2D eigenvalue weighted by atomic mass is 15.0. The van der Waals surface area contributed by atoms with E-state index in [1.54, 1.807) is 12.4 Å². The average molecular weight is 249 g/mol. The van der Waals surface area contributed by atoms with Gasteiger partial charge < -0.3 is 5.32 Å². The van der Waals surface area contributed by atoms with Crippen molar-refractivity contribution in [1.82, 2.24) is 15.3 Å². The zero-order valence-corrected chi connectivity index (χ0v) is 12.8. The van der Waals surface area contributed by atoms with E-state index in [-0.39, 0.29) is 11.6 Å². The van der Waals surface area contributed by atoms with Gasteiger partial charge in [-0.3, -0.25) is 9.97 Å². The van der Waals surface area contributed by atoms with Crippen LogP contribution in [0.1, 0.15) is 65.4 Å². The number of hydrogen-bond donors (Lipinski definition) is 1. The van der Waals surface area contributed by atoms with E-state index in [0.29, 0.717) is 5.41 Å². The SMILES string of the molecule is Cc1nccnc1C(C)NC(C)(C)CC(C)(C)C. The topological polar surface area (TPSA) is 37.8 Å². The number of aromatic nitrogens is 2. The van der Waals surface area contributed by atoms with Gasteiger partial charge in [-0.1, -0.05) is 20.8 Å². The van der Waals surface area contributed by atoms with Crippen LogP contribution in [0, 0.1) is 12.3 Å². The molecule has 0 aromatic carbocycles. The quantitative estimate of drug-likeness (QED) is 0.885. The van der Waals surface area contributed by atoms with Crippen molar-refractivity contribution < 1.29 is 0 Å². The normalized spacial score (nSPS) is 14.6. The summed E-state index contributed by atoms with van der Waals surface area (Å²) in [5.74, 6) is 0. The van der Waals surface area contributed by atoms with Crippen molar-refractivity contribution in [3.8, 4) is 0 Å². The number of hydrogen-bond acceptors (Lipinski definition) is 3. The van der Waals surface area contributed by atoms with Crippen molar-refractivity contribution in [2.24, 2.45) is 5.41 Å². The monoisotopic (exact) mass is 249 g/mol. The van der Waals surface area contributed by atoms with Crippen molar-refractivity contribution in [3.05, 3.63) is 23.8 Å². The van der Waals surface area contributed by atoms with Gasteiger partial charge in [0.05, 0.1) is 11.4 Å². The molecular formula is C15H27N3. The molecule has 1 rings (SSSR count). The van der Waals surface area contributed by atoms with Crippen molar-refractivity contribution in [2.45, 2.75) is 66.5 Å². The molecule has 0 bridgehead atoms. The minimum absolute atomic E-state index is 0.0849. The standard InChI is InChI=1S/C15H27N3/c1-11-13(17-9-8-16-11)12(2)18-15(6,7)10-14(3,4)5/h8-9,12,18H,10H2,1-7H3. The van der Waals surface area contributed by atoms with E-state index in [1.165, 1.54) is 0 Å². The molecule has 0 spiro atoms. The summed E-state index contributed by atoms with van der Waals surface area (Å²) >= 11 is 0. The summed E-state index contributed by atoms with van der Waals surface area (Å²) in [6.07, 6.45) is 4.62. The Morgan fingerprint density at radius 2 is 1.67 bits per heavy atom. The smallest absolute Gasteiger partial charge is 0.0782 e. The van der Waals surface area contributed by atoms with Gasteiger partial charge in [-0.15, -0.1) is 0 Å². The fourth-order valence-electron chi connectivity index (χ4n) is 2.87. The molecule has 1 unspecified atom stereocenters. The molecule has 102 valence electrons. The first-order valence-corrected chi connectivity index (χ1v) is 6.66. The summed E-state index contributed by atoms with van der Waals surface area (Å²) in [4.78, 5) is 8.74. The predicted molar refractivity (Wildman–Crippen MR) is 76.5 cm³/mol. The number of nitrogens with zero attached hydrogens (tertiary/aromatic N) is 2. The van der Waals surface area contributed by atoms with Crippen molar-refractivity contribution >= 4 is 0 Å². The molecule has 1 N–H and O–H groups in total. The first kappa shape index (κ1) is 15.1. The molecule has 0 saturated carbocycles. The Morgan fingerprint density at radius 1 is 1.11 bits per heavy atom. The van der Waals surface area contributed by atoms with Gasteiger partial charge in [0.2, 0.25) is 0 Å². The summed E-state index contributed by atoms with van der Waals surface area (Å²) in [5.41, 5.74) is 2.44. The van der Waals surface area contributed by atoms with E-state index in [2.05, 4.69) is 56.8 Å². The van der Waals surface area contributed by atoms with Crippen LogP contribution in [0.25, 0.3) is 0 Å². The van der Waals surface area contributed by atoms with Crippen LogP contribution in [-0.4, -0.2) is 15.5 Å². The molecule has 3 nitrogen and oxygen atoms in total. The van der Waals surface area contributed by atoms with Gasteiger partial charge in [0.25, 0.3) is 0 Å². The number of rotatable bonds is 4. The lowest BCUT2D eigenvalue weighted by molar-refractivity contribution is 0.225. The van der Waals surface area contributed by atoms with Crippen LogP contribution in [0.15, 0.2) is 12.4 Å². The Bertz CT molecular complexity index is 391. The summed E-state index contributed by atoms with van der Waals surface area (Å²) in [7, 11) is 0. The fraction of sp³-hybridized carbons (Fsp3) is 0.733. The third-order valence-electron chi connectivity index (χ3n) is 2.91. The van der Waals surface area contributed by atoms with Gasteiger partial charge in [-0.2, -0.15) is 0 Å². The highest BCUT2D eigenvalue weighted by Gasteiger charge is 2.27. The summed E-state index contributed by atoms with van der Waals surface area (Å²) in [6, 6.07) is 0.219. The van der Waals surface area contributed by atoms with Gasteiger partial charge in [0.1, 0.15) is 0 Å². The maximum atomic E-state index is 4.43. The lowest BCUT2D eigenvalue weighted by Gasteiger charge is -2.36. The molecule has 1 aromatic heterocycles. The second-order valence-corrected chi connectivity index (χ2v) is 7.01. The molecule has 0 aliphatic rings. The maximum absolute atomic E-state index is 4.43. The van der Waals surface area contributed by atoms with Crippen LogP contribution in [-0.2, 0) is 0 Å². The van der Waals surface area contributed by atoms with Crippen LogP contribution in [0.5, 0.6) is 0 Å². The van der Waals surface area contributed by atoms with Crippen LogP contribution in [0.2, 0.25) is 0 Å². The molecule has 0 saturated heterocycles. The molecule has 0 fully saturated rings. The lowest BCUT2D eigenvalue weighted by atomic mass is 9.81. The minimum atomic E-state index is 0.0849. The Kier molecular flexibility index (Phi) is 4.49. The third kappa shape index (κ3) is 4.73. The molecule has 18 heavy (non-hydrogen) atoms. The zero-order chi connectivity index (χ0) is 14.0. The number of nitrogens with one attached hydrogen (secondary N) is 1. The van der Waals surface area contributed by atoms with E-state index >= 15 is 0 Å². The van der Waals surface area contributed by atoms with Gasteiger partial charge in [-0.05, 0) is 39.5 Å². The Hall–Kier alpha value is -0.960. The van der Waals surface area contributed by atoms with E-state index < -0.39 is 0 Å². The largest absolute Gasteiger partial charge is 0.304 e. The molecular weight excluding hydrogens is 222 g/mol. The average Bonchev–Trinajstić information content (AvgIpc) is 2.12. The first-order chi connectivity index (χ1) is 8.11. The molecule has 1 heterocycles. The van der Waals surface area contributed by atoms with Gasteiger partial charge in [-0.25, -0.2) is 0 Å². The van der Waals surface area contributed by atoms with Crippen LogP contribution in [0.4, 0.5) is 0 Å². The molecule has 3 heteroatoms. The molecule has 1 atom stereocenters. The van der Waals surface area contributed by atoms with Crippen LogP contribution >= 0.6 is 0 Å². The highest BCUT2D eigenvalue weighted by molar-refractivity contribution is 5.13. The van der Waals surface area contributed by atoms with E-state index in [9.17, 15) is 0 Å². The second kappa shape index (κ2) is 5.35. The lowest BCUT2D eigenvalue weighted by Crippen LogP contribution is -2.44. The fourth-order valence-corrected chi connectivity index (χ4v) is 2.87. The molecule has 1 aromatic rings. The van der Waals surface area contributed by atoms with Crippen molar-refractivity contribution in [2.75, 3.05) is 0 Å². The van der Waals surface area contributed by atoms with Crippen molar-refractivity contribution in [1.29, 1.82) is 0 Å². The Labute approximate surface area is 111 Å². The zero-order valence-electron chi connectivity index (χ0n) is 12.8. The van der Waals surface area contributed by atoms with Gasteiger partial charge >= 0.3 is 0 Å². The van der Waals surface area contributed by atoms with E-state index in [1.807, 2.05) is 6.92 Å². The number of aryl methyl sites for hydroxylation is 1. The van der Waals surface area contributed by atoms with E-state index in [0.717, 1.165) is 17.8 Å². The summed E-state index contributed by atoms with van der Waals surface area (Å²) in [6.45, 7) is 15.5.